The topological polar surface area (TPSA) is 21.3 Å². The molecule has 2 nitrogen and oxygen atoms in total. The first-order valence-electron chi connectivity index (χ1n) is 6.25. The zero-order valence-corrected chi connectivity index (χ0v) is 11.9. The molecule has 2 unspecified atom stereocenters. The van der Waals surface area contributed by atoms with Gasteiger partial charge in [-0.05, 0) is 25.3 Å². The van der Waals surface area contributed by atoms with Crippen LogP contribution in [0.3, 0.4) is 0 Å². The van der Waals surface area contributed by atoms with E-state index in [0.29, 0.717) is 12.1 Å². The van der Waals surface area contributed by atoms with Crippen LogP contribution in [0.4, 0.5) is 0 Å². The van der Waals surface area contributed by atoms with E-state index in [9.17, 15) is 0 Å². The predicted octanol–water partition coefficient (Wildman–Crippen LogP) is 3.78. The number of methoxy groups -OCH3 is 1. The van der Waals surface area contributed by atoms with E-state index in [1.165, 1.54) is 5.56 Å². The van der Waals surface area contributed by atoms with E-state index in [4.69, 9.17) is 4.74 Å². The quantitative estimate of drug-likeness (QED) is 0.857. The number of rotatable bonds is 4. The average Bonchev–Trinajstić information content (AvgIpc) is 2.27. The van der Waals surface area contributed by atoms with Crippen LogP contribution < -0.4 is 10.1 Å². The van der Waals surface area contributed by atoms with Crippen molar-refractivity contribution in [1.82, 2.24) is 5.32 Å². The van der Waals surface area contributed by atoms with E-state index >= 15 is 0 Å². The van der Waals surface area contributed by atoms with Gasteiger partial charge in [-0.25, -0.2) is 0 Å². The Morgan fingerprint density at radius 2 is 1.71 bits per heavy atom. The summed E-state index contributed by atoms with van der Waals surface area (Å²) in [4.78, 5) is 0. The summed E-state index contributed by atoms with van der Waals surface area (Å²) in [6.07, 6.45) is 0. The van der Waals surface area contributed by atoms with E-state index in [2.05, 4.69) is 52.1 Å². The lowest BCUT2D eigenvalue weighted by atomic mass is 9.87. The zero-order valence-electron chi connectivity index (χ0n) is 11.9. The highest BCUT2D eigenvalue weighted by Crippen LogP contribution is 2.27. The fourth-order valence-corrected chi connectivity index (χ4v) is 1.74. The summed E-state index contributed by atoms with van der Waals surface area (Å²) in [5.74, 6) is 0.952. The molecule has 0 radical (unpaired) electrons. The molecule has 2 atom stereocenters. The van der Waals surface area contributed by atoms with Gasteiger partial charge in [0.05, 0.1) is 7.11 Å². The third-order valence-electron chi connectivity index (χ3n) is 3.40. The van der Waals surface area contributed by atoms with Gasteiger partial charge in [-0.2, -0.15) is 0 Å². The summed E-state index contributed by atoms with van der Waals surface area (Å²) in [5.41, 5.74) is 1.47. The van der Waals surface area contributed by atoms with Crippen LogP contribution >= 0.6 is 0 Å². The Bertz CT molecular complexity index is 354. The first-order chi connectivity index (χ1) is 7.86. The van der Waals surface area contributed by atoms with Gasteiger partial charge in [0, 0.05) is 17.6 Å². The fraction of sp³-hybridized carbons (Fsp3) is 0.600. The third-order valence-corrected chi connectivity index (χ3v) is 3.40. The van der Waals surface area contributed by atoms with Gasteiger partial charge < -0.3 is 10.1 Å². The van der Waals surface area contributed by atoms with Crippen LogP contribution in [-0.2, 0) is 0 Å². The third kappa shape index (κ3) is 3.74. The highest BCUT2D eigenvalue weighted by atomic mass is 16.5. The van der Waals surface area contributed by atoms with Crippen molar-refractivity contribution in [3.63, 3.8) is 0 Å². The minimum Gasteiger partial charge on any atom is -0.496 e. The van der Waals surface area contributed by atoms with Crippen LogP contribution in [0.1, 0.15) is 46.2 Å². The van der Waals surface area contributed by atoms with Crippen molar-refractivity contribution in [3.8, 4) is 5.75 Å². The van der Waals surface area contributed by atoms with Gasteiger partial charge in [0.2, 0.25) is 0 Å². The van der Waals surface area contributed by atoms with Crippen molar-refractivity contribution in [2.24, 2.45) is 5.41 Å². The first-order valence-corrected chi connectivity index (χ1v) is 6.25. The van der Waals surface area contributed by atoms with Crippen molar-refractivity contribution >= 4 is 0 Å². The van der Waals surface area contributed by atoms with Crippen molar-refractivity contribution in [2.45, 2.75) is 46.7 Å². The number of hydrogen-bond donors (Lipinski definition) is 1. The van der Waals surface area contributed by atoms with E-state index in [0.717, 1.165) is 5.75 Å². The molecule has 0 bridgehead atoms. The van der Waals surface area contributed by atoms with Crippen LogP contribution in [-0.4, -0.2) is 13.2 Å². The highest BCUT2D eigenvalue weighted by molar-refractivity contribution is 5.35. The lowest BCUT2D eigenvalue weighted by Crippen LogP contribution is -2.39. The Balaban J connectivity index is 2.79. The molecule has 0 aliphatic carbocycles. The molecule has 0 spiro atoms. The zero-order chi connectivity index (χ0) is 13.1. The normalized spacial score (nSPS) is 15.4. The molecule has 17 heavy (non-hydrogen) atoms. The average molecular weight is 235 g/mol. The van der Waals surface area contributed by atoms with Gasteiger partial charge in [-0.1, -0.05) is 39.0 Å². The Kier molecular flexibility index (Phi) is 4.58. The Morgan fingerprint density at radius 3 is 2.24 bits per heavy atom. The van der Waals surface area contributed by atoms with Crippen LogP contribution in [0.25, 0.3) is 0 Å². The molecule has 0 aromatic heterocycles. The van der Waals surface area contributed by atoms with Crippen molar-refractivity contribution in [1.29, 1.82) is 0 Å². The summed E-state index contributed by atoms with van der Waals surface area (Å²) in [6.45, 7) is 11.2. The molecular weight excluding hydrogens is 210 g/mol. The lowest BCUT2D eigenvalue weighted by molar-refractivity contribution is 0.266. The van der Waals surface area contributed by atoms with Crippen LogP contribution in [0.2, 0.25) is 0 Å². The maximum atomic E-state index is 5.39. The van der Waals surface area contributed by atoms with Crippen LogP contribution in [0.5, 0.6) is 5.75 Å². The monoisotopic (exact) mass is 235 g/mol. The van der Waals surface area contributed by atoms with Crippen molar-refractivity contribution < 1.29 is 4.74 Å². The second-order valence-electron chi connectivity index (χ2n) is 5.72. The van der Waals surface area contributed by atoms with Gasteiger partial charge in [0.25, 0.3) is 0 Å². The molecule has 0 aliphatic rings. The molecule has 0 aliphatic heterocycles. The number of hydrogen-bond acceptors (Lipinski definition) is 2. The maximum Gasteiger partial charge on any atom is 0.123 e. The number of nitrogens with one attached hydrogen (secondary N) is 1. The molecule has 0 heterocycles. The highest BCUT2D eigenvalue weighted by Gasteiger charge is 2.22. The van der Waals surface area contributed by atoms with Gasteiger partial charge in [0.1, 0.15) is 5.75 Å². The summed E-state index contributed by atoms with van der Waals surface area (Å²) >= 11 is 0. The van der Waals surface area contributed by atoms with Crippen LogP contribution in [0, 0.1) is 5.41 Å². The van der Waals surface area contributed by atoms with E-state index in [-0.39, 0.29) is 5.41 Å². The van der Waals surface area contributed by atoms with Crippen molar-refractivity contribution in [2.75, 3.05) is 7.11 Å². The molecule has 0 fully saturated rings. The summed E-state index contributed by atoms with van der Waals surface area (Å²) < 4.78 is 5.39. The molecule has 0 saturated carbocycles. The molecule has 1 N–H and O–H groups in total. The Labute approximate surface area is 105 Å². The van der Waals surface area contributed by atoms with E-state index < -0.39 is 0 Å². The Hall–Kier alpha value is -1.02. The molecule has 1 rings (SSSR count). The summed E-state index contributed by atoms with van der Waals surface area (Å²) in [5, 5.41) is 3.63. The molecule has 2 heteroatoms. The first kappa shape index (κ1) is 14.0. The number of ether oxygens (including phenoxy) is 1. The van der Waals surface area contributed by atoms with E-state index in [1.807, 2.05) is 12.1 Å². The smallest absolute Gasteiger partial charge is 0.123 e. The fourth-order valence-electron chi connectivity index (χ4n) is 1.74. The molecule has 96 valence electrons. The Morgan fingerprint density at radius 1 is 1.12 bits per heavy atom. The largest absolute Gasteiger partial charge is 0.496 e. The van der Waals surface area contributed by atoms with Crippen molar-refractivity contribution in [3.05, 3.63) is 29.8 Å². The molecule has 1 aromatic rings. The minimum atomic E-state index is 0.260. The van der Waals surface area contributed by atoms with Gasteiger partial charge in [-0.3, -0.25) is 0 Å². The van der Waals surface area contributed by atoms with Gasteiger partial charge in [-0.15, -0.1) is 0 Å². The molecule has 1 aromatic carbocycles. The predicted molar refractivity (Wildman–Crippen MR) is 73.5 cm³/mol. The number of benzene rings is 1. The summed E-state index contributed by atoms with van der Waals surface area (Å²) in [6, 6.07) is 8.92. The number of para-hydroxylation sites is 1. The van der Waals surface area contributed by atoms with Crippen LogP contribution in [0.15, 0.2) is 24.3 Å². The lowest BCUT2D eigenvalue weighted by Gasteiger charge is -2.31. The maximum absolute atomic E-state index is 5.39. The molecule has 0 amide bonds. The van der Waals surface area contributed by atoms with Gasteiger partial charge >= 0.3 is 0 Å². The standard InChI is InChI=1S/C15H25NO/c1-11(16-12(2)15(3,4)5)13-9-7-8-10-14(13)17-6/h7-12,16H,1-6H3. The second kappa shape index (κ2) is 5.54. The van der Waals surface area contributed by atoms with Gasteiger partial charge in [0.15, 0.2) is 0 Å². The molecule has 0 saturated heterocycles. The van der Waals surface area contributed by atoms with E-state index in [1.54, 1.807) is 7.11 Å². The second-order valence-corrected chi connectivity index (χ2v) is 5.72. The molecular formula is C15H25NO. The minimum absolute atomic E-state index is 0.260. The summed E-state index contributed by atoms with van der Waals surface area (Å²) in [7, 11) is 1.72. The SMILES string of the molecule is COc1ccccc1C(C)NC(C)C(C)(C)C.